The lowest BCUT2D eigenvalue weighted by molar-refractivity contribution is -0.141. The van der Waals surface area contributed by atoms with E-state index in [0.717, 1.165) is 42.9 Å². The minimum Gasteiger partial charge on any atom is -0.465 e. The molecule has 2 fully saturated rings. The molecule has 51 heavy (non-hydrogen) atoms. The summed E-state index contributed by atoms with van der Waals surface area (Å²) >= 11 is 0. The van der Waals surface area contributed by atoms with Crippen LogP contribution in [0.15, 0.2) is 48.7 Å². The first-order chi connectivity index (χ1) is 24.2. The standard InChI is InChI=1S/C35H46N8O8/c1-35(2,51)28-18-38-41-43(28)24-16-27(32(47)40-26(17-37-34(49)50)29(44)30(36)45)42(19-24)33(48)25(14-20-8-4-3-5-9-20)39-31(46)23-13-12-21-10-6-7-11-22(21)15-23/h6-7,10-13,15,18,20,24-27,29,37,44,51H,3-5,8-9,14,16-17,19H2,1-2H3,(H2,36,45)(H,39,46)(H,40,47)(H,49,50)/t24-,25?,26?,27-,29?/m0/s1. The molecule has 3 aromatic rings. The van der Waals surface area contributed by atoms with Crippen LogP contribution in [0.25, 0.3) is 10.8 Å². The van der Waals surface area contributed by atoms with Gasteiger partial charge in [-0.15, -0.1) is 5.10 Å². The van der Waals surface area contributed by atoms with Gasteiger partial charge in [-0.1, -0.05) is 67.6 Å². The molecule has 0 radical (unpaired) electrons. The van der Waals surface area contributed by atoms with Crippen molar-refractivity contribution in [1.29, 1.82) is 0 Å². The van der Waals surface area contributed by atoms with Gasteiger partial charge in [0.1, 0.15) is 17.7 Å². The van der Waals surface area contributed by atoms with Gasteiger partial charge in [0.15, 0.2) is 6.10 Å². The third kappa shape index (κ3) is 8.99. The fourth-order valence-electron chi connectivity index (χ4n) is 7.10. The minimum atomic E-state index is -1.94. The monoisotopic (exact) mass is 706 g/mol. The molecule has 1 aliphatic heterocycles. The van der Waals surface area contributed by atoms with Gasteiger partial charge in [0, 0.05) is 25.1 Å². The molecule has 1 aliphatic carbocycles. The molecule has 8 N–H and O–H groups in total. The van der Waals surface area contributed by atoms with Crippen LogP contribution in [0.2, 0.25) is 0 Å². The van der Waals surface area contributed by atoms with E-state index in [2.05, 4.69) is 20.9 Å². The van der Waals surface area contributed by atoms with E-state index in [1.165, 1.54) is 15.8 Å². The summed E-state index contributed by atoms with van der Waals surface area (Å²) in [5.74, 6) is -2.78. The molecule has 3 unspecified atom stereocenters. The SMILES string of the molecule is CC(C)(O)c1cnnn1[C@H]1C[C@@H](C(=O)NC(CNC(=O)O)C(O)C(N)=O)N(C(=O)C(CC2CCCCC2)NC(=O)c2ccc3ccccc3c2)C1. The smallest absolute Gasteiger partial charge is 0.404 e. The van der Waals surface area contributed by atoms with Crippen LogP contribution in [0.5, 0.6) is 0 Å². The van der Waals surface area contributed by atoms with E-state index in [9.17, 15) is 34.2 Å². The number of carboxylic acid groups (broad SMARTS) is 1. The molecular formula is C35H46N8O8. The fourth-order valence-corrected chi connectivity index (χ4v) is 7.10. The number of amides is 5. The number of aromatic nitrogens is 3. The number of rotatable bonds is 13. The highest BCUT2D eigenvalue weighted by atomic mass is 16.4. The van der Waals surface area contributed by atoms with Crippen molar-refractivity contribution in [2.75, 3.05) is 13.1 Å². The molecule has 0 bridgehead atoms. The summed E-state index contributed by atoms with van der Waals surface area (Å²) in [7, 11) is 0. The molecular weight excluding hydrogens is 660 g/mol. The number of benzene rings is 2. The van der Waals surface area contributed by atoms with Gasteiger partial charge in [-0.25, -0.2) is 9.48 Å². The summed E-state index contributed by atoms with van der Waals surface area (Å²) in [6.07, 6.45) is 3.20. The second kappa shape index (κ2) is 15.9. The van der Waals surface area contributed by atoms with E-state index in [1.807, 2.05) is 35.6 Å². The van der Waals surface area contributed by atoms with Crippen molar-refractivity contribution in [2.45, 2.75) is 94.7 Å². The summed E-state index contributed by atoms with van der Waals surface area (Å²) < 4.78 is 1.46. The Bertz CT molecular complexity index is 1750. The first-order valence-corrected chi connectivity index (χ1v) is 17.2. The molecule has 5 rings (SSSR count). The Morgan fingerprint density at radius 1 is 1.02 bits per heavy atom. The van der Waals surface area contributed by atoms with E-state index in [-0.39, 0.29) is 18.9 Å². The second-order valence-corrected chi connectivity index (χ2v) is 14.0. The Morgan fingerprint density at radius 2 is 1.73 bits per heavy atom. The lowest BCUT2D eigenvalue weighted by atomic mass is 9.84. The number of aliphatic hydroxyl groups excluding tert-OH is 1. The molecule has 5 amide bonds. The average Bonchev–Trinajstić information content (AvgIpc) is 3.78. The molecule has 274 valence electrons. The maximum absolute atomic E-state index is 14.7. The van der Waals surface area contributed by atoms with Crippen molar-refractivity contribution in [3.05, 3.63) is 59.9 Å². The maximum Gasteiger partial charge on any atom is 0.404 e. The predicted octanol–water partition coefficient (Wildman–Crippen LogP) is 1.17. The van der Waals surface area contributed by atoms with Crippen LogP contribution in [0.4, 0.5) is 4.79 Å². The molecule has 2 aliphatic rings. The topological polar surface area (TPSA) is 242 Å². The van der Waals surface area contributed by atoms with E-state index < -0.39 is 72.1 Å². The number of nitrogens with zero attached hydrogens (tertiary/aromatic N) is 4. The summed E-state index contributed by atoms with van der Waals surface area (Å²) in [6, 6.07) is 8.58. The van der Waals surface area contributed by atoms with Gasteiger partial charge in [-0.2, -0.15) is 0 Å². The summed E-state index contributed by atoms with van der Waals surface area (Å²) in [5.41, 5.74) is 4.63. The Morgan fingerprint density at radius 3 is 2.39 bits per heavy atom. The van der Waals surface area contributed by atoms with Gasteiger partial charge in [-0.3, -0.25) is 19.2 Å². The highest BCUT2D eigenvalue weighted by Crippen LogP contribution is 2.33. The maximum atomic E-state index is 14.7. The van der Waals surface area contributed by atoms with Gasteiger partial charge in [0.05, 0.1) is 24.0 Å². The number of fused-ring (bicyclic) bond motifs is 1. The Kier molecular flexibility index (Phi) is 11.6. The molecule has 2 aromatic carbocycles. The average molecular weight is 707 g/mol. The van der Waals surface area contributed by atoms with Crippen molar-refractivity contribution >= 4 is 40.5 Å². The van der Waals surface area contributed by atoms with Crippen molar-refractivity contribution in [3.63, 3.8) is 0 Å². The summed E-state index contributed by atoms with van der Waals surface area (Å²) in [6.45, 7) is 2.51. The van der Waals surface area contributed by atoms with Crippen molar-refractivity contribution in [3.8, 4) is 0 Å². The van der Waals surface area contributed by atoms with Crippen molar-refractivity contribution in [1.82, 2.24) is 35.8 Å². The highest BCUT2D eigenvalue weighted by molar-refractivity contribution is 6.01. The number of nitrogens with two attached hydrogens (primary N) is 1. The molecule has 1 saturated heterocycles. The van der Waals surface area contributed by atoms with Gasteiger partial charge < -0.3 is 41.9 Å². The third-order valence-corrected chi connectivity index (χ3v) is 9.79. The predicted molar refractivity (Wildman–Crippen MR) is 184 cm³/mol. The minimum absolute atomic E-state index is 0.00940. The van der Waals surface area contributed by atoms with Gasteiger partial charge in [-0.05, 0) is 49.1 Å². The van der Waals surface area contributed by atoms with E-state index in [1.54, 1.807) is 26.0 Å². The second-order valence-electron chi connectivity index (χ2n) is 14.0. The molecule has 2 heterocycles. The Labute approximate surface area is 294 Å². The number of carbonyl (C=O) groups excluding carboxylic acids is 4. The van der Waals surface area contributed by atoms with Gasteiger partial charge in [0.25, 0.3) is 5.91 Å². The third-order valence-electron chi connectivity index (χ3n) is 9.79. The highest BCUT2D eigenvalue weighted by Gasteiger charge is 2.45. The van der Waals surface area contributed by atoms with E-state index >= 15 is 0 Å². The van der Waals surface area contributed by atoms with Gasteiger partial charge >= 0.3 is 6.09 Å². The number of carbonyl (C=O) groups is 5. The van der Waals surface area contributed by atoms with Crippen LogP contribution in [0, 0.1) is 5.92 Å². The normalized spacial score (nSPS) is 20.0. The molecule has 1 saturated carbocycles. The number of hydrogen-bond acceptors (Lipinski definition) is 9. The van der Waals surface area contributed by atoms with Crippen LogP contribution in [0.3, 0.4) is 0 Å². The lowest BCUT2D eigenvalue weighted by Crippen LogP contribution is -2.59. The molecule has 0 spiro atoms. The largest absolute Gasteiger partial charge is 0.465 e. The number of likely N-dealkylation sites (tertiary alicyclic amines) is 1. The van der Waals surface area contributed by atoms with Crippen LogP contribution >= 0.6 is 0 Å². The fraction of sp³-hybridized carbons (Fsp3) is 0.514. The molecule has 1 aromatic heterocycles. The zero-order valence-electron chi connectivity index (χ0n) is 28.7. The van der Waals surface area contributed by atoms with Crippen molar-refractivity contribution < 1.29 is 39.3 Å². The summed E-state index contributed by atoms with van der Waals surface area (Å²) in [4.78, 5) is 66.8. The first-order valence-electron chi connectivity index (χ1n) is 17.2. The van der Waals surface area contributed by atoms with Crippen LogP contribution in [0.1, 0.15) is 80.9 Å². The number of primary amides is 1. The number of aliphatic hydroxyl groups is 2. The van der Waals surface area contributed by atoms with E-state index in [4.69, 9.17) is 10.8 Å². The lowest BCUT2D eigenvalue weighted by Gasteiger charge is -2.32. The molecule has 16 nitrogen and oxygen atoms in total. The van der Waals surface area contributed by atoms with E-state index in [0.29, 0.717) is 17.7 Å². The molecule has 16 heteroatoms. The molecule has 5 atom stereocenters. The number of hydrogen-bond donors (Lipinski definition) is 7. The van der Waals surface area contributed by atoms with Crippen LogP contribution in [-0.4, -0.2) is 102 Å². The van der Waals surface area contributed by atoms with Crippen LogP contribution in [-0.2, 0) is 20.0 Å². The summed E-state index contributed by atoms with van der Waals surface area (Å²) in [5, 5.41) is 47.8. The number of nitrogens with one attached hydrogen (secondary N) is 3. The first kappa shape index (κ1) is 37.2. The quantitative estimate of drug-likeness (QED) is 0.134. The van der Waals surface area contributed by atoms with Crippen LogP contribution < -0.4 is 21.7 Å². The van der Waals surface area contributed by atoms with Gasteiger partial charge in [0.2, 0.25) is 17.7 Å². The van der Waals surface area contributed by atoms with Crippen molar-refractivity contribution in [2.24, 2.45) is 11.7 Å². The zero-order chi connectivity index (χ0) is 36.9. The Hall–Kier alpha value is -5.09. The Balaban J connectivity index is 1.47. The zero-order valence-corrected chi connectivity index (χ0v) is 28.7.